The third-order valence-electron chi connectivity index (χ3n) is 6.37. The lowest BCUT2D eigenvalue weighted by Crippen LogP contribution is -2.26. The molecular formula is C27H40O6. The summed E-state index contributed by atoms with van der Waals surface area (Å²) in [5, 5.41) is 21.0. The summed E-state index contributed by atoms with van der Waals surface area (Å²) in [6, 6.07) is 0. The van der Waals surface area contributed by atoms with E-state index in [1.165, 1.54) is 13.0 Å². The summed E-state index contributed by atoms with van der Waals surface area (Å²) in [7, 11) is 0. The number of hydrogen-bond donors (Lipinski definition) is 2. The molecule has 6 nitrogen and oxygen atoms in total. The van der Waals surface area contributed by atoms with Crippen molar-refractivity contribution in [1.82, 2.24) is 0 Å². The first-order valence-electron chi connectivity index (χ1n) is 13.7. The van der Waals surface area contributed by atoms with Crippen LogP contribution in [0, 0.1) is 35.5 Å². The average molecular weight is 465 g/mol. The number of ether oxygens (including phenoxy) is 2. The summed E-state index contributed by atoms with van der Waals surface area (Å²) < 4.78 is 42.4. The maximum Gasteiger partial charge on any atom is 0.347 e. The van der Waals surface area contributed by atoms with Crippen molar-refractivity contribution in [1.29, 1.82) is 0 Å². The van der Waals surface area contributed by atoms with Gasteiger partial charge in [-0.3, -0.25) is 4.79 Å². The second-order valence-corrected chi connectivity index (χ2v) is 8.86. The molecule has 2 N–H and O–H groups in total. The van der Waals surface area contributed by atoms with Gasteiger partial charge in [-0.15, -0.1) is 11.8 Å². The molecule has 0 aliphatic heterocycles. The Morgan fingerprint density at radius 2 is 2.09 bits per heavy atom. The Bertz CT molecular complexity index is 935. The van der Waals surface area contributed by atoms with Crippen LogP contribution >= 0.6 is 0 Å². The highest BCUT2D eigenvalue weighted by Crippen LogP contribution is 2.50. The first kappa shape index (κ1) is 21.4. The van der Waals surface area contributed by atoms with Crippen LogP contribution in [0.3, 0.4) is 0 Å². The number of fused-ring (bicyclic) bond motifs is 1. The van der Waals surface area contributed by atoms with Crippen molar-refractivity contribution in [3.8, 4) is 11.8 Å². The Balaban J connectivity index is 2.03. The van der Waals surface area contributed by atoms with Crippen LogP contribution < -0.4 is 0 Å². The van der Waals surface area contributed by atoms with Crippen molar-refractivity contribution in [2.45, 2.75) is 90.9 Å². The molecule has 6 heteroatoms. The van der Waals surface area contributed by atoms with Crippen molar-refractivity contribution in [3.05, 3.63) is 23.8 Å². The van der Waals surface area contributed by atoms with E-state index >= 15 is 0 Å². The van der Waals surface area contributed by atoms with Gasteiger partial charge >= 0.3 is 11.9 Å². The van der Waals surface area contributed by atoms with Crippen LogP contribution in [-0.4, -0.2) is 47.1 Å². The summed E-state index contributed by atoms with van der Waals surface area (Å²) in [6.07, 6.45) is -0.770. The normalized spacial score (nSPS) is 30.8. The molecule has 0 bridgehead atoms. The Kier molecular flexibility index (Phi) is 8.81. The number of allylic oxidation sites excluding steroid dienone is 2. The number of esters is 2. The first-order valence-corrected chi connectivity index (χ1v) is 11.7. The second kappa shape index (κ2) is 13.6. The zero-order valence-corrected chi connectivity index (χ0v) is 20.0. The predicted molar refractivity (Wildman–Crippen MR) is 127 cm³/mol. The molecular weight excluding hydrogens is 420 g/mol. The number of carbonyl (C=O) groups is 2. The van der Waals surface area contributed by atoms with Crippen LogP contribution in [0.2, 0.25) is 0 Å². The van der Waals surface area contributed by atoms with Gasteiger partial charge in [0.05, 0.1) is 18.8 Å². The summed E-state index contributed by atoms with van der Waals surface area (Å²) >= 11 is 0. The van der Waals surface area contributed by atoms with Gasteiger partial charge in [0, 0.05) is 24.2 Å². The molecule has 2 aliphatic rings. The smallest absolute Gasteiger partial charge is 0.347 e. The number of rotatable bonds is 11. The molecule has 0 radical (unpaired) electrons. The van der Waals surface area contributed by atoms with E-state index in [4.69, 9.17) is 15.0 Å². The van der Waals surface area contributed by atoms with Gasteiger partial charge in [-0.2, -0.15) is 0 Å². The molecule has 0 aromatic heterocycles. The minimum Gasteiger partial charge on any atom is -0.463 e. The van der Waals surface area contributed by atoms with Crippen molar-refractivity contribution in [2.24, 2.45) is 23.7 Å². The quantitative estimate of drug-likeness (QED) is 0.273. The standard InChI is InChI=1S/C27H40O6/c1-5-7-10-18(3)24(28)14-13-22-23-16-20(15-21(23)17-25(22)29)11-8-9-12-26(30)33-19(4)27(31)32-6-2/h11,13-14,18-19,21-25,28-29H,6,8-10,12,15-17H2,1-4H3/b14-13+,20-11+/t18?,19-,21-,22+,23-,24+,25+/m0/s1/i8D2,12D2. The fourth-order valence-corrected chi connectivity index (χ4v) is 4.53. The van der Waals surface area contributed by atoms with Crippen LogP contribution in [0.25, 0.3) is 0 Å². The topological polar surface area (TPSA) is 93.1 Å². The fraction of sp³-hybridized carbons (Fsp3) is 0.704. The van der Waals surface area contributed by atoms with Crippen LogP contribution in [-0.2, 0) is 19.1 Å². The molecule has 7 atom stereocenters. The highest BCUT2D eigenvalue weighted by Gasteiger charge is 2.45. The van der Waals surface area contributed by atoms with E-state index in [1.54, 1.807) is 19.9 Å². The highest BCUT2D eigenvalue weighted by atomic mass is 16.6. The van der Waals surface area contributed by atoms with Gasteiger partial charge < -0.3 is 19.7 Å². The van der Waals surface area contributed by atoms with E-state index in [0.29, 0.717) is 25.7 Å². The molecule has 1 unspecified atom stereocenters. The molecule has 0 aromatic carbocycles. The molecule has 0 aromatic rings. The second-order valence-electron chi connectivity index (χ2n) is 8.86. The predicted octanol–water partition coefficient (Wildman–Crippen LogP) is 3.95. The van der Waals surface area contributed by atoms with Crippen molar-refractivity contribution < 1.29 is 34.8 Å². The molecule has 2 aliphatic carbocycles. The van der Waals surface area contributed by atoms with Crippen LogP contribution in [0.1, 0.15) is 78.0 Å². The molecule has 33 heavy (non-hydrogen) atoms. The van der Waals surface area contributed by atoms with Gasteiger partial charge in [0.15, 0.2) is 6.10 Å². The van der Waals surface area contributed by atoms with E-state index in [-0.39, 0.29) is 30.3 Å². The lowest BCUT2D eigenvalue weighted by molar-refractivity contribution is -0.166. The molecule has 184 valence electrons. The van der Waals surface area contributed by atoms with Crippen LogP contribution in [0.5, 0.6) is 0 Å². The number of hydrogen-bond acceptors (Lipinski definition) is 6. The van der Waals surface area contributed by atoms with Gasteiger partial charge in [0.25, 0.3) is 0 Å². The van der Waals surface area contributed by atoms with Crippen LogP contribution in [0.15, 0.2) is 23.8 Å². The lowest BCUT2D eigenvalue weighted by Gasteiger charge is -2.19. The van der Waals surface area contributed by atoms with Gasteiger partial charge in [0.1, 0.15) is 0 Å². The molecule has 0 saturated heterocycles. The van der Waals surface area contributed by atoms with E-state index in [2.05, 4.69) is 11.8 Å². The zero-order valence-electron chi connectivity index (χ0n) is 24.0. The Labute approximate surface area is 204 Å². The van der Waals surface area contributed by atoms with Crippen molar-refractivity contribution >= 4 is 11.9 Å². The van der Waals surface area contributed by atoms with Crippen LogP contribution in [0.4, 0.5) is 0 Å². The maximum absolute atomic E-state index is 12.3. The highest BCUT2D eigenvalue weighted by molar-refractivity contribution is 5.78. The maximum atomic E-state index is 12.3. The lowest BCUT2D eigenvalue weighted by atomic mass is 9.89. The van der Waals surface area contributed by atoms with Gasteiger partial charge in [-0.25, -0.2) is 4.79 Å². The van der Waals surface area contributed by atoms with E-state index in [0.717, 1.165) is 5.57 Å². The molecule has 2 saturated carbocycles. The molecule has 0 spiro atoms. The minimum absolute atomic E-state index is 0.0358. The summed E-state index contributed by atoms with van der Waals surface area (Å²) in [4.78, 5) is 24.0. The summed E-state index contributed by atoms with van der Waals surface area (Å²) in [5.41, 5.74) is 0.821. The molecule has 2 fully saturated rings. The van der Waals surface area contributed by atoms with E-state index < -0.39 is 49.4 Å². The summed E-state index contributed by atoms with van der Waals surface area (Å²) in [5.74, 6) is 3.73. The fourth-order valence-electron chi connectivity index (χ4n) is 4.53. The molecule has 0 amide bonds. The number of aliphatic hydroxyl groups is 2. The van der Waals surface area contributed by atoms with Crippen molar-refractivity contribution in [2.75, 3.05) is 6.61 Å². The van der Waals surface area contributed by atoms with E-state index in [9.17, 15) is 19.8 Å². The zero-order chi connectivity index (χ0) is 28.0. The Morgan fingerprint density at radius 3 is 2.79 bits per heavy atom. The largest absolute Gasteiger partial charge is 0.463 e. The Morgan fingerprint density at radius 1 is 1.33 bits per heavy atom. The number of aliphatic hydroxyl groups excluding tert-OH is 2. The SMILES string of the molecule is [2H]C([2H])(/C=C1\C[C@H]2C[C@@H](O)[C@H](/C=C/[C@@H](O)C(C)CC#CC)[C@H]2C1)CC([2H])([2H])C(=O)O[C@@H](C)C(=O)OCC. The average Bonchev–Trinajstić information content (AvgIpc) is 3.29. The minimum atomic E-state index is -2.65. The monoisotopic (exact) mass is 464 g/mol. The first-order chi connectivity index (χ1) is 17.2. The molecule has 2 rings (SSSR count). The third kappa shape index (κ3) is 8.32. The van der Waals surface area contributed by atoms with E-state index in [1.807, 2.05) is 13.0 Å². The van der Waals surface area contributed by atoms with Gasteiger partial charge in [0.2, 0.25) is 0 Å². The van der Waals surface area contributed by atoms with Crippen molar-refractivity contribution in [3.63, 3.8) is 0 Å². The third-order valence-corrected chi connectivity index (χ3v) is 6.37. The summed E-state index contributed by atoms with van der Waals surface area (Å²) in [6.45, 7) is 6.63. The Hall–Kier alpha value is -2.10. The number of carbonyl (C=O) groups excluding carboxylic acids is 2. The van der Waals surface area contributed by atoms with Gasteiger partial charge in [-0.05, 0) is 70.6 Å². The van der Waals surface area contributed by atoms with Gasteiger partial charge in [-0.1, -0.05) is 30.7 Å². The molecule has 0 heterocycles.